The summed E-state index contributed by atoms with van der Waals surface area (Å²) in [5.41, 5.74) is 3.98. The van der Waals surface area contributed by atoms with Crippen LogP contribution in [0.2, 0.25) is 0 Å². The van der Waals surface area contributed by atoms with Crippen molar-refractivity contribution in [1.82, 2.24) is 9.88 Å². The van der Waals surface area contributed by atoms with Gasteiger partial charge in [0.1, 0.15) is 0 Å². The Morgan fingerprint density at radius 3 is 3.10 bits per heavy atom. The number of aromatic nitrogens is 1. The molecule has 2 aromatic rings. The Labute approximate surface area is 117 Å². The summed E-state index contributed by atoms with van der Waals surface area (Å²) >= 11 is 0. The van der Waals surface area contributed by atoms with Crippen LogP contribution >= 0.6 is 0 Å². The summed E-state index contributed by atoms with van der Waals surface area (Å²) in [7, 11) is 1.48. The molecule has 0 radical (unpaired) electrons. The molecule has 4 heteroatoms. The summed E-state index contributed by atoms with van der Waals surface area (Å²) in [5, 5.41) is 1.34. The third-order valence-electron chi connectivity index (χ3n) is 4.77. The minimum Gasteiger partial charge on any atom is -0.469 e. The number of rotatable bonds is 1. The lowest BCUT2D eigenvalue weighted by Gasteiger charge is -2.29. The third-order valence-corrected chi connectivity index (χ3v) is 4.77. The number of aromatic amines is 1. The van der Waals surface area contributed by atoms with E-state index in [1.54, 1.807) is 0 Å². The van der Waals surface area contributed by atoms with Gasteiger partial charge in [-0.2, -0.15) is 0 Å². The van der Waals surface area contributed by atoms with Crippen LogP contribution in [0.5, 0.6) is 0 Å². The van der Waals surface area contributed by atoms with Crippen molar-refractivity contribution in [3.8, 4) is 0 Å². The van der Waals surface area contributed by atoms with Crippen molar-refractivity contribution in [1.29, 1.82) is 0 Å². The van der Waals surface area contributed by atoms with E-state index in [1.165, 1.54) is 29.3 Å². The predicted molar refractivity (Wildman–Crippen MR) is 76.3 cm³/mol. The number of para-hydroxylation sites is 1. The lowest BCUT2D eigenvalue weighted by molar-refractivity contribution is -0.144. The number of nitrogens with one attached hydrogen (secondary N) is 1. The van der Waals surface area contributed by atoms with Gasteiger partial charge >= 0.3 is 5.97 Å². The van der Waals surface area contributed by atoms with Crippen LogP contribution in [0.25, 0.3) is 10.9 Å². The van der Waals surface area contributed by atoms with Crippen LogP contribution in [0.4, 0.5) is 0 Å². The van der Waals surface area contributed by atoms with Gasteiger partial charge in [0.2, 0.25) is 0 Å². The van der Waals surface area contributed by atoms with E-state index >= 15 is 0 Å². The first kappa shape index (κ1) is 12.0. The van der Waals surface area contributed by atoms with Crippen molar-refractivity contribution >= 4 is 16.9 Å². The summed E-state index contributed by atoms with van der Waals surface area (Å²) in [6.07, 6.45) is 1.96. The Morgan fingerprint density at radius 1 is 1.40 bits per heavy atom. The molecule has 104 valence electrons. The number of hydrogen-bond donors (Lipinski definition) is 1. The molecule has 20 heavy (non-hydrogen) atoms. The summed E-state index contributed by atoms with van der Waals surface area (Å²) in [5.74, 6) is -0.0202. The highest BCUT2D eigenvalue weighted by Gasteiger charge is 2.40. The number of ether oxygens (including phenoxy) is 1. The minimum atomic E-state index is -0.0621. The van der Waals surface area contributed by atoms with Gasteiger partial charge in [0.25, 0.3) is 0 Å². The van der Waals surface area contributed by atoms with Gasteiger partial charge in [0, 0.05) is 35.7 Å². The largest absolute Gasteiger partial charge is 0.469 e. The number of methoxy groups -OCH3 is 1. The highest BCUT2D eigenvalue weighted by molar-refractivity contribution is 5.85. The average Bonchev–Trinajstić information content (AvgIpc) is 3.04. The molecule has 0 amide bonds. The van der Waals surface area contributed by atoms with Gasteiger partial charge in [-0.25, -0.2) is 0 Å². The molecule has 0 saturated carbocycles. The molecule has 0 aliphatic carbocycles. The molecule has 1 aromatic heterocycles. The fourth-order valence-corrected chi connectivity index (χ4v) is 3.79. The number of H-pyrrole nitrogens is 1. The second kappa shape index (κ2) is 4.35. The molecule has 0 bridgehead atoms. The van der Waals surface area contributed by atoms with Crippen molar-refractivity contribution in [2.75, 3.05) is 13.7 Å². The molecular formula is C16H18N2O2. The molecule has 4 rings (SSSR count). The maximum Gasteiger partial charge on any atom is 0.310 e. The second-order valence-corrected chi connectivity index (χ2v) is 5.87. The summed E-state index contributed by atoms with van der Waals surface area (Å²) in [6, 6.07) is 8.96. The number of carbonyl (C=O) groups excluding carboxylic acids is 1. The smallest absolute Gasteiger partial charge is 0.310 e. The maximum atomic E-state index is 11.7. The van der Waals surface area contributed by atoms with Gasteiger partial charge in [0.05, 0.1) is 13.0 Å². The molecule has 2 aliphatic rings. The van der Waals surface area contributed by atoms with Crippen LogP contribution in [0.1, 0.15) is 17.7 Å². The first-order valence-electron chi connectivity index (χ1n) is 7.16. The monoisotopic (exact) mass is 270 g/mol. The highest BCUT2D eigenvalue weighted by atomic mass is 16.5. The molecule has 1 aromatic carbocycles. The van der Waals surface area contributed by atoms with E-state index < -0.39 is 0 Å². The molecular weight excluding hydrogens is 252 g/mol. The minimum absolute atomic E-state index is 0.0419. The first-order valence-corrected chi connectivity index (χ1v) is 7.16. The van der Waals surface area contributed by atoms with E-state index in [0.29, 0.717) is 6.04 Å². The Hall–Kier alpha value is -1.81. The van der Waals surface area contributed by atoms with E-state index in [4.69, 9.17) is 4.74 Å². The summed E-state index contributed by atoms with van der Waals surface area (Å²) in [4.78, 5) is 17.7. The van der Waals surface area contributed by atoms with Crippen molar-refractivity contribution in [3.63, 3.8) is 0 Å². The van der Waals surface area contributed by atoms with Gasteiger partial charge in [0.15, 0.2) is 0 Å². The lowest BCUT2D eigenvalue weighted by Crippen LogP contribution is -2.35. The van der Waals surface area contributed by atoms with E-state index in [2.05, 4.69) is 34.1 Å². The predicted octanol–water partition coefficient (Wildman–Crippen LogP) is 2.09. The highest BCUT2D eigenvalue weighted by Crippen LogP contribution is 2.36. The van der Waals surface area contributed by atoms with Gasteiger partial charge in [-0.15, -0.1) is 0 Å². The van der Waals surface area contributed by atoms with Crippen molar-refractivity contribution in [3.05, 3.63) is 35.5 Å². The van der Waals surface area contributed by atoms with E-state index in [9.17, 15) is 4.79 Å². The van der Waals surface area contributed by atoms with Crippen LogP contribution in [0.15, 0.2) is 24.3 Å². The molecule has 1 saturated heterocycles. The topological polar surface area (TPSA) is 45.3 Å². The standard InChI is InChI=1S/C16H18N2O2/c1-20-16(19)10-6-11-7-13-12-4-2-3-5-14(12)17-15(13)9-18(11)8-10/h2-5,10-11,17H,6-9H2,1H3/t10-,11+/m1/s1. The molecule has 4 nitrogen and oxygen atoms in total. The van der Waals surface area contributed by atoms with Gasteiger partial charge in [-0.05, 0) is 24.5 Å². The van der Waals surface area contributed by atoms with Gasteiger partial charge in [-0.1, -0.05) is 18.2 Å². The number of benzene rings is 1. The van der Waals surface area contributed by atoms with Gasteiger partial charge in [-0.3, -0.25) is 9.69 Å². The van der Waals surface area contributed by atoms with E-state index in [1.807, 2.05) is 0 Å². The van der Waals surface area contributed by atoms with E-state index in [-0.39, 0.29) is 11.9 Å². The van der Waals surface area contributed by atoms with Crippen LogP contribution in [0.3, 0.4) is 0 Å². The SMILES string of the molecule is COC(=O)[C@@H]1C[C@H]2Cc3c([nH]c4ccccc34)CN2C1. The Bertz CT molecular complexity index is 676. The number of hydrogen-bond acceptors (Lipinski definition) is 3. The summed E-state index contributed by atoms with van der Waals surface area (Å²) < 4.78 is 4.90. The number of nitrogens with zero attached hydrogens (tertiary/aromatic N) is 1. The van der Waals surface area contributed by atoms with E-state index in [0.717, 1.165) is 25.9 Å². The second-order valence-electron chi connectivity index (χ2n) is 5.87. The fraction of sp³-hybridized carbons (Fsp3) is 0.438. The zero-order valence-corrected chi connectivity index (χ0v) is 11.6. The van der Waals surface area contributed by atoms with Crippen molar-refractivity contribution in [2.24, 2.45) is 5.92 Å². The molecule has 1 fully saturated rings. The quantitative estimate of drug-likeness (QED) is 0.807. The summed E-state index contributed by atoms with van der Waals surface area (Å²) in [6.45, 7) is 1.74. The molecule has 2 aliphatic heterocycles. The van der Waals surface area contributed by atoms with Crippen LogP contribution in [-0.2, 0) is 22.5 Å². The fourth-order valence-electron chi connectivity index (χ4n) is 3.79. The average molecular weight is 270 g/mol. The Kier molecular flexibility index (Phi) is 2.60. The zero-order valence-electron chi connectivity index (χ0n) is 11.6. The number of carbonyl (C=O) groups is 1. The van der Waals surface area contributed by atoms with Crippen LogP contribution in [-0.4, -0.2) is 35.5 Å². The maximum absolute atomic E-state index is 11.7. The molecule has 2 atom stereocenters. The number of fused-ring (bicyclic) bond motifs is 4. The molecule has 1 N–H and O–H groups in total. The number of esters is 1. The van der Waals surface area contributed by atoms with Crippen molar-refractivity contribution in [2.45, 2.75) is 25.4 Å². The van der Waals surface area contributed by atoms with Crippen LogP contribution < -0.4 is 0 Å². The Morgan fingerprint density at radius 2 is 2.25 bits per heavy atom. The third kappa shape index (κ3) is 1.68. The zero-order chi connectivity index (χ0) is 13.7. The molecule has 0 unspecified atom stereocenters. The first-order chi connectivity index (χ1) is 9.76. The normalized spacial score (nSPS) is 25.4. The van der Waals surface area contributed by atoms with Crippen LogP contribution in [0, 0.1) is 5.92 Å². The van der Waals surface area contributed by atoms with Gasteiger partial charge < -0.3 is 9.72 Å². The molecule has 0 spiro atoms. The Balaban J connectivity index is 1.66. The molecule has 3 heterocycles. The van der Waals surface area contributed by atoms with Crippen molar-refractivity contribution < 1.29 is 9.53 Å². The lowest BCUT2D eigenvalue weighted by atomic mass is 9.95.